The molecule has 54 heavy (non-hydrogen) atoms. The van der Waals surface area contributed by atoms with Crippen molar-refractivity contribution in [2.45, 2.75) is 24.7 Å². The Morgan fingerprint density at radius 2 is 0.759 bits per heavy atom. The quantitative estimate of drug-likeness (QED) is 0.185. The van der Waals surface area contributed by atoms with Crippen molar-refractivity contribution in [2.24, 2.45) is 0 Å². The number of benzene rings is 8. The van der Waals surface area contributed by atoms with E-state index in [1.54, 1.807) is 0 Å². The van der Waals surface area contributed by atoms with E-state index in [0.29, 0.717) is 17.5 Å². The highest BCUT2D eigenvalue weighted by Crippen LogP contribution is 2.63. The molecule has 0 saturated carbocycles. The fraction of sp³-hybridized carbons (Fsp3) is 0.0784. The lowest BCUT2D eigenvalue weighted by molar-refractivity contribution is 0.563. The van der Waals surface area contributed by atoms with E-state index in [-0.39, 0.29) is 5.41 Å². The molecule has 0 radical (unpaired) electrons. The third kappa shape index (κ3) is 4.27. The molecule has 2 aliphatic rings. The summed E-state index contributed by atoms with van der Waals surface area (Å²) in [6.07, 6.45) is 0. The van der Waals surface area contributed by atoms with Crippen LogP contribution in [0, 0.1) is 0 Å². The van der Waals surface area contributed by atoms with E-state index < -0.39 is 5.41 Å². The van der Waals surface area contributed by atoms with Crippen molar-refractivity contribution >= 4 is 21.5 Å². The Hall–Kier alpha value is -6.71. The van der Waals surface area contributed by atoms with Gasteiger partial charge >= 0.3 is 0 Å². The van der Waals surface area contributed by atoms with Gasteiger partial charge in [-0.2, -0.15) is 0 Å². The minimum Gasteiger partial charge on any atom is -0.208 e. The zero-order chi connectivity index (χ0) is 36.0. The Bertz CT molecular complexity index is 2840. The van der Waals surface area contributed by atoms with Crippen LogP contribution < -0.4 is 0 Å². The number of rotatable bonds is 3. The second-order valence-electron chi connectivity index (χ2n) is 15.2. The SMILES string of the molecule is CC1(C)c2ccccc2C2(c3ccccc3-c3c(-c4nc(-c5ccc6ccccc6c5)nc(-c5ccc6ccccc6c5)n4)cccc32)c2ccccc21. The molecule has 9 aromatic rings. The van der Waals surface area contributed by atoms with Crippen LogP contribution >= 0.6 is 0 Å². The van der Waals surface area contributed by atoms with Crippen molar-refractivity contribution in [1.82, 2.24) is 15.0 Å². The molecule has 0 bridgehead atoms. The van der Waals surface area contributed by atoms with Crippen molar-refractivity contribution in [2.75, 3.05) is 0 Å². The van der Waals surface area contributed by atoms with Gasteiger partial charge in [-0.05, 0) is 78.2 Å². The summed E-state index contributed by atoms with van der Waals surface area (Å²) in [5.74, 6) is 1.97. The van der Waals surface area contributed by atoms with Crippen molar-refractivity contribution in [3.8, 4) is 45.3 Å². The molecule has 2 aliphatic carbocycles. The minimum absolute atomic E-state index is 0.161. The van der Waals surface area contributed by atoms with Crippen LogP contribution in [-0.2, 0) is 10.8 Å². The first kappa shape index (κ1) is 30.9. The topological polar surface area (TPSA) is 38.7 Å². The first-order valence-corrected chi connectivity index (χ1v) is 18.7. The fourth-order valence-corrected chi connectivity index (χ4v) is 9.51. The third-order valence-corrected chi connectivity index (χ3v) is 12.0. The van der Waals surface area contributed by atoms with E-state index in [4.69, 9.17) is 15.0 Å². The molecule has 0 saturated heterocycles. The Labute approximate surface area is 314 Å². The average molecular weight is 690 g/mol. The van der Waals surface area contributed by atoms with E-state index in [0.717, 1.165) is 27.5 Å². The van der Waals surface area contributed by atoms with Gasteiger partial charge in [0.2, 0.25) is 0 Å². The molecule has 1 heterocycles. The van der Waals surface area contributed by atoms with Gasteiger partial charge in [0.25, 0.3) is 0 Å². The predicted molar refractivity (Wildman–Crippen MR) is 221 cm³/mol. The third-order valence-electron chi connectivity index (χ3n) is 12.0. The predicted octanol–water partition coefficient (Wildman–Crippen LogP) is 12.2. The molecule has 0 aliphatic heterocycles. The summed E-state index contributed by atoms with van der Waals surface area (Å²) < 4.78 is 0. The highest BCUT2D eigenvalue weighted by Gasteiger charge is 2.53. The zero-order valence-corrected chi connectivity index (χ0v) is 30.1. The number of hydrogen-bond donors (Lipinski definition) is 0. The van der Waals surface area contributed by atoms with Gasteiger partial charge in [-0.15, -0.1) is 0 Å². The van der Waals surface area contributed by atoms with Gasteiger partial charge in [0, 0.05) is 22.1 Å². The van der Waals surface area contributed by atoms with Crippen LogP contribution in [0.3, 0.4) is 0 Å². The standard InChI is InChI=1S/C51H35N3/c1-50(2)41-21-9-11-23-43(41)51(44-24-12-10-22-42(44)50)40-20-8-7-18-38(40)46-39(19-13-25-45(46)51)49-53-47(36-28-26-32-14-3-5-16-34(32)30-36)52-48(54-49)37-29-27-33-15-4-6-17-35(33)31-37/h3-31H,1-2H3. The smallest absolute Gasteiger partial charge is 0.164 e. The van der Waals surface area contributed by atoms with E-state index in [1.165, 1.54) is 55.3 Å². The summed E-state index contributed by atoms with van der Waals surface area (Å²) in [6.45, 7) is 4.73. The molecule has 0 fully saturated rings. The summed E-state index contributed by atoms with van der Waals surface area (Å²) in [6, 6.07) is 63.7. The van der Waals surface area contributed by atoms with Gasteiger partial charge in [0.05, 0.1) is 5.41 Å². The summed E-state index contributed by atoms with van der Waals surface area (Å²) in [5, 5.41) is 4.67. The molecule has 254 valence electrons. The van der Waals surface area contributed by atoms with Crippen LogP contribution in [-0.4, -0.2) is 15.0 Å². The molecular weight excluding hydrogens is 655 g/mol. The van der Waals surface area contributed by atoms with Crippen LogP contribution in [0.15, 0.2) is 176 Å². The minimum atomic E-state index is -0.500. The largest absolute Gasteiger partial charge is 0.208 e. The van der Waals surface area contributed by atoms with Gasteiger partial charge in [-0.25, -0.2) is 15.0 Å². The van der Waals surface area contributed by atoms with Gasteiger partial charge in [0.1, 0.15) is 0 Å². The lowest BCUT2D eigenvalue weighted by Crippen LogP contribution is -2.40. The normalized spacial score (nSPS) is 14.4. The molecule has 8 aromatic carbocycles. The molecule has 0 unspecified atom stereocenters. The van der Waals surface area contributed by atoms with Gasteiger partial charge in [0.15, 0.2) is 17.5 Å². The summed E-state index contributed by atoms with van der Waals surface area (Å²) in [5.41, 5.74) is 12.6. The maximum absolute atomic E-state index is 5.34. The first-order chi connectivity index (χ1) is 26.5. The molecule has 11 rings (SSSR count). The molecule has 3 nitrogen and oxygen atoms in total. The maximum atomic E-state index is 5.34. The van der Waals surface area contributed by atoms with Crippen LogP contribution in [0.25, 0.3) is 66.8 Å². The van der Waals surface area contributed by atoms with E-state index in [9.17, 15) is 0 Å². The Balaban J connectivity index is 1.21. The molecular formula is C51H35N3. The number of hydrogen-bond acceptors (Lipinski definition) is 3. The van der Waals surface area contributed by atoms with Crippen molar-refractivity contribution in [3.05, 3.63) is 209 Å². The molecule has 0 amide bonds. The Morgan fingerprint density at radius 1 is 0.333 bits per heavy atom. The average Bonchev–Trinajstić information content (AvgIpc) is 3.53. The van der Waals surface area contributed by atoms with Crippen molar-refractivity contribution in [1.29, 1.82) is 0 Å². The number of nitrogens with zero attached hydrogens (tertiary/aromatic N) is 3. The van der Waals surface area contributed by atoms with Crippen LogP contribution in [0.4, 0.5) is 0 Å². The lowest BCUT2D eigenvalue weighted by atomic mass is 9.55. The zero-order valence-electron chi connectivity index (χ0n) is 30.1. The number of fused-ring (bicyclic) bond motifs is 11. The Kier molecular flexibility index (Phi) is 6.51. The molecule has 0 atom stereocenters. The van der Waals surface area contributed by atoms with Gasteiger partial charge < -0.3 is 0 Å². The Morgan fingerprint density at radius 3 is 1.33 bits per heavy atom. The summed E-state index contributed by atoms with van der Waals surface area (Å²) in [7, 11) is 0. The van der Waals surface area contributed by atoms with Crippen molar-refractivity contribution in [3.63, 3.8) is 0 Å². The van der Waals surface area contributed by atoms with Gasteiger partial charge in [-0.3, -0.25) is 0 Å². The molecule has 1 aromatic heterocycles. The first-order valence-electron chi connectivity index (χ1n) is 18.7. The van der Waals surface area contributed by atoms with E-state index in [2.05, 4.69) is 190 Å². The second-order valence-corrected chi connectivity index (χ2v) is 15.2. The highest BCUT2D eigenvalue weighted by molar-refractivity contribution is 5.96. The summed E-state index contributed by atoms with van der Waals surface area (Å²) >= 11 is 0. The molecule has 3 heteroatoms. The summed E-state index contributed by atoms with van der Waals surface area (Å²) in [4.78, 5) is 15.9. The van der Waals surface area contributed by atoms with Crippen molar-refractivity contribution < 1.29 is 0 Å². The maximum Gasteiger partial charge on any atom is 0.164 e. The molecule has 0 N–H and O–H groups in total. The van der Waals surface area contributed by atoms with Crippen LogP contribution in [0.1, 0.15) is 47.2 Å². The van der Waals surface area contributed by atoms with Gasteiger partial charge in [-0.1, -0.05) is 178 Å². The fourth-order valence-electron chi connectivity index (χ4n) is 9.51. The van der Waals surface area contributed by atoms with E-state index in [1.807, 2.05) is 0 Å². The second kappa shape index (κ2) is 11.4. The monoisotopic (exact) mass is 689 g/mol. The molecule has 1 spiro atoms. The van der Waals surface area contributed by atoms with Crippen LogP contribution in [0.2, 0.25) is 0 Å². The number of aromatic nitrogens is 3. The lowest BCUT2D eigenvalue weighted by Gasteiger charge is -2.46. The highest BCUT2D eigenvalue weighted by atomic mass is 15.0. The van der Waals surface area contributed by atoms with E-state index >= 15 is 0 Å². The van der Waals surface area contributed by atoms with Crippen LogP contribution in [0.5, 0.6) is 0 Å².